The first-order valence-electron chi connectivity index (χ1n) is 4.12. The summed E-state index contributed by atoms with van der Waals surface area (Å²) in [4.78, 5) is 5.51. The molecule has 0 spiro atoms. The van der Waals surface area contributed by atoms with Crippen molar-refractivity contribution in [2.24, 2.45) is 0 Å². The minimum absolute atomic E-state index is 0.412. The molecule has 1 unspecified atom stereocenters. The molecule has 0 amide bonds. The molecular weight excluding hydrogens is 168 g/mol. The summed E-state index contributed by atoms with van der Waals surface area (Å²) in [6, 6.07) is 0. The lowest BCUT2D eigenvalue weighted by molar-refractivity contribution is -0.148. The highest BCUT2D eigenvalue weighted by atomic mass is 16.3. The molecule has 0 aliphatic heterocycles. The van der Waals surface area contributed by atoms with Crippen molar-refractivity contribution >= 4 is 0 Å². The highest BCUT2D eigenvalue weighted by molar-refractivity contribution is 5.04. The zero-order valence-electron chi connectivity index (χ0n) is 8.06. The van der Waals surface area contributed by atoms with E-state index < -0.39 is 5.72 Å². The van der Waals surface area contributed by atoms with Crippen LogP contribution in [0.3, 0.4) is 0 Å². The zero-order chi connectivity index (χ0) is 9.90. The van der Waals surface area contributed by atoms with Crippen LogP contribution in [0.1, 0.15) is 19.0 Å². The number of hydrogen-bond acceptors (Lipinski definition) is 4. The van der Waals surface area contributed by atoms with Gasteiger partial charge in [0, 0.05) is 0 Å². The van der Waals surface area contributed by atoms with Gasteiger partial charge in [-0.05, 0) is 20.5 Å². The summed E-state index contributed by atoms with van der Waals surface area (Å²) >= 11 is 0. The van der Waals surface area contributed by atoms with Crippen LogP contribution >= 0.6 is 0 Å². The molecule has 0 aromatic carbocycles. The fourth-order valence-electron chi connectivity index (χ4n) is 1.17. The number of aromatic nitrogens is 3. The minimum Gasteiger partial charge on any atom is -0.274 e. The van der Waals surface area contributed by atoms with Crippen molar-refractivity contribution in [3.05, 3.63) is 18.2 Å². The van der Waals surface area contributed by atoms with E-state index in [-0.39, 0.29) is 0 Å². The Balaban J connectivity index is 3.03. The lowest BCUT2D eigenvalue weighted by Gasteiger charge is -2.29. The Kier molecular flexibility index (Phi) is 2.90. The average molecular weight is 181 g/mol. The van der Waals surface area contributed by atoms with E-state index in [4.69, 9.17) is 0 Å². The molecule has 1 atom stereocenters. The third-order valence-electron chi connectivity index (χ3n) is 2.10. The lowest BCUT2D eigenvalue weighted by Crippen LogP contribution is -2.40. The summed E-state index contributed by atoms with van der Waals surface area (Å²) in [5, 5.41) is 19.3. The minimum atomic E-state index is -1.30. The summed E-state index contributed by atoms with van der Waals surface area (Å²) < 4.78 is 0. The van der Waals surface area contributed by atoms with Crippen LogP contribution in [0.15, 0.2) is 12.5 Å². The molecule has 0 saturated heterocycles. The summed E-state index contributed by atoms with van der Waals surface area (Å²) in [7, 11) is 3.47. The monoisotopic (exact) mass is 181 g/mol. The molecule has 1 radical (unpaired) electrons. The fraction of sp³-hybridized carbons (Fsp3) is 0.625. The first-order valence-corrected chi connectivity index (χ1v) is 4.12. The van der Waals surface area contributed by atoms with Crippen LogP contribution in [-0.2, 0) is 10.8 Å². The highest BCUT2D eigenvalue weighted by Gasteiger charge is 2.33. The van der Waals surface area contributed by atoms with E-state index in [1.807, 2.05) is 6.92 Å². The maximum absolute atomic E-state index is 12.2. The van der Waals surface area contributed by atoms with Gasteiger partial charge >= 0.3 is 0 Å². The SMILES string of the molecule is CCC([O])(c1cnncn1)N(C)C. The molecule has 0 saturated carbocycles. The van der Waals surface area contributed by atoms with Crippen LogP contribution in [0, 0.1) is 0 Å². The standard InChI is InChI=1S/C8H13N4O/c1-4-8(13,12(2)3)7-5-10-11-6-9-7/h5-6H,4H2,1-3H3. The summed E-state index contributed by atoms with van der Waals surface area (Å²) in [5.74, 6) is 0. The van der Waals surface area contributed by atoms with Crippen molar-refractivity contribution < 1.29 is 5.11 Å². The topological polar surface area (TPSA) is 61.8 Å². The summed E-state index contributed by atoms with van der Waals surface area (Å²) in [5.41, 5.74) is -0.884. The Morgan fingerprint density at radius 3 is 2.54 bits per heavy atom. The van der Waals surface area contributed by atoms with Gasteiger partial charge in [-0.2, -0.15) is 5.10 Å². The number of hydrogen-bond donors (Lipinski definition) is 0. The van der Waals surface area contributed by atoms with Gasteiger partial charge in [0.1, 0.15) is 12.0 Å². The number of rotatable bonds is 3. The molecule has 71 valence electrons. The Morgan fingerprint density at radius 2 is 2.15 bits per heavy atom. The first kappa shape index (κ1) is 10.0. The van der Waals surface area contributed by atoms with Crippen molar-refractivity contribution in [3.8, 4) is 0 Å². The second kappa shape index (κ2) is 3.76. The van der Waals surface area contributed by atoms with Crippen molar-refractivity contribution in [3.63, 3.8) is 0 Å². The van der Waals surface area contributed by atoms with Crippen LogP contribution in [0.4, 0.5) is 0 Å². The van der Waals surface area contributed by atoms with Gasteiger partial charge in [-0.3, -0.25) is 4.90 Å². The van der Waals surface area contributed by atoms with Gasteiger partial charge in [-0.15, -0.1) is 5.10 Å². The predicted molar refractivity (Wildman–Crippen MR) is 46.2 cm³/mol. The molecule has 1 aromatic rings. The van der Waals surface area contributed by atoms with E-state index in [2.05, 4.69) is 15.2 Å². The smallest absolute Gasteiger partial charge is 0.200 e. The van der Waals surface area contributed by atoms with Gasteiger partial charge in [0.2, 0.25) is 0 Å². The van der Waals surface area contributed by atoms with Crippen molar-refractivity contribution in [1.82, 2.24) is 20.1 Å². The third kappa shape index (κ3) is 1.81. The molecule has 5 heteroatoms. The highest BCUT2D eigenvalue weighted by Crippen LogP contribution is 2.24. The van der Waals surface area contributed by atoms with Crippen LogP contribution in [0.25, 0.3) is 0 Å². The van der Waals surface area contributed by atoms with Gasteiger partial charge in [-0.25, -0.2) is 10.1 Å². The van der Waals surface area contributed by atoms with E-state index in [0.717, 1.165) is 0 Å². The van der Waals surface area contributed by atoms with Gasteiger partial charge in [0.05, 0.1) is 6.20 Å². The van der Waals surface area contributed by atoms with Crippen LogP contribution in [-0.4, -0.2) is 34.2 Å². The Labute approximate surface area is 77.4 Å². The molecule has 1 heterocycles. The molecule has 5 nitrogen and oxygen atoms in total. The third-order valence-corrected chi connectivity index (χ3v) is 2.10. The largest absolute Gasteiger partial charge is 0.274 e. The van der Waals surface area contributed by atoms with Gasteiger partial charge in [0.15, 0.2) is 5.72 Å². The molecule has 1 aromatic heterocycles. The van der Waals surface area contributed by atoms with Crippen molar-refractivity contribution in [1.29, 1.82) is 0 Å². The van der Waals surface area contributed by atoms with Crippen LogP contribution < -0.4 is 0 Å². The molecule has 0 bridgehead atoms. The second-order valence-electron chi connectivity index (χ2n) is 3.02. The summed E-state index contributed by atoms with van der Waals surface area (Å²) in [6.07, 6.45) is 3.15. The van der Waals surface area contributed by atoms with Gasteiger partial charge in [0.25, 0.3) is 0 Å². The predicted octanol–water partition coefficient (Wildman–Crippen LogP) is 0.426. The molecule has 0 fully saturated rings. The van der Waals surface area contributed by atoms with E-state index in [1.54, 1.807) is 19.0 Å². The molecule has 0 aliphatic carbocycles. The molecule has 1 rings (SSSR count). The molecule has 0 N–H and O–H groups in total. The average Bonchev–Trinajstić information content (AvgIpc) is 2.17. The maximum Gasteiger partial charge on any atom is 0.200 e. The normalized spacial score (nSPS) is 15.8. The van der Waals surface area contributed by atoms with Gasteiger partial charge in [-0.1, -0.05) is 6.92 Å². The molecular formula is C8H13N4O. The second-order valence-corrected chi connectivity index (χ2v) is 3.02. The van der Waals surface area contributed by atoms with Crippen molar-refractivity contribution in [2.75, 3.05) is 14.1 Å². The zero-order valence-corrected chi connectivity index (χ0v) is 8.06. The molecule has 0 aliphatic rings. The Morgan fingerprint density at radius 1 is 1.46 bits per heavy atom. The van der Waals surface area contributed by atoms with Gasteiger partial charge < -0.3 is 0 Å². The van der Waals surface area contributed by atoms with E-state index in [1.165, 1.54) is 12.5 Å². The molecule has 13 heavy (non-hydrogen) atoms. The Hall–Kier alpha value is -1.07. The summed E-state index contributed by atoms with van der Waals surface area (Å²) in [6.45, 7) is 1.83. The Bertz CT molecular complexity index is 264. The first-order chi connectivity index (χ1) is 6.11. The fourth-order valence-corrected chi connectivity index (χ4v) is 1.17. The van der Waals surface area contributed by atoms with Crippen molar-refractivity contribution in [2.45, 2.75) is 19.1 Å². The van der Waals surface area contributed by atoms with E-state index >= 15 is 0 Å². The van der Waals surface area contributed by atoms with Crippen LogP contribution in [0.2, 0.25) is 0 Å². The van der Waals surface area contributed by atoms with Crippen LogP contribution in [0.5, 0.6) is 0 Å². The number of nitrogens with zero attached hydrogens (tertiary/aromatic N) is 4. The maximum atomic E-state index is 12.2. The van der Waals surface area contributed by atoms with E-state index in [9.17, 15) is 5.11 Å². The van der Waals surface area contributed by atoms with E-state index in [0.29, 0.717) is 12.1 Å². The quantitative estimate of drug-likeness (QED) is 0.634. The lowest BCUT2D eigenvalue weighted by atomic mass is 10.1.